The van der Waals surface area contributed by atoms with E-state index >= 15 is 0 Å². The quantitative estimate of drug-likeness (QED) is 0.750. The van der Waals surface area contributed by atoms with Crippen LogP contribution in [0.2, 0.25) is 0 Å². The van der Waals surface area contributed by atoms with Gasteiger partial charge in [0, 0.05) is 12.6 Å². The minimum Gasteiger partial charge on any atom is -0.296 e. The molecule has 1 fully saturated rings. The summed E-state index contributed by atoms with van der Waals surface area (Å²) in [6.07, 6.45) is 4.13. The second-order valence-corrected chi connectivity index (χ2v) is 5.74. The molecule has 1 aromatic rings. The summed E-state index contributed by atoms with van der Waals surface area (Å²) in [6, 6.07) is 3.00. The molecule has 0 radical (unpaired) electrons. The molecule has 2 rings (SSSR count). The van der Waals surface area contributed by atoms with E-state index in [1.165, 1.54) is 32.4 Å². The molecule has 1 atom stereocenters. The van der Waals surface area contributed by atoms with Gasteiger partial charge in [0.2, 0.25) is 0 Å². The van der Waals surface area contributed by atoms with E-state index in [0.29, 0.717) is 6.04 Å². The Kier molecular flexibility index (Phi) is 3.81. The maximum Gasteiger partial charge on any atom is 0.0356 e. The Morgan fingerprint density at radius 2 is 2.33 bits per heavy atom. The number of likely N-dealkylation sites (tertiary alicyclic amines) is 1. The topological polar surface area (TPSA) is 3.24 Å². The highest BCUT2D eigenvalue weighted by Gasteiger charge is 2.24. The molecular formula is C13H21NS. The molecule has 2 heteroatoms. The van der Waals surface area contributed by atoms with Crippen LogP contribution in [0.5, 0.6) is 0 Å². The molecule has 0 aromatic carbocycles. The van der Waals surface area contributed by atoms with E-state index in [9.17, 15) is 0 Å². The van der Waals surface area contributed by atoms with Crippen molar-refractivity contribution in [2.75, 3.05) is 13.1 Å². The fraction of sp³-hybridized carbons (Fsp3) is 0.692. The zero-order chi connectivity index (χ0) is 10.7. The van der Waals surface area contributed by atoms with Crippen molar-refractivity contribution in [3.63, 3.8) is 0 Å². The molecule has 0 saturated carbocycles. The lowest BCUT2D eigenvalue weighted by atomic mass is 9.96. The average Bonchev–Trinajstić information content (AvgIpc) is 2.70. The predicted octanol–water partition coefficient (Wildman–Crippen LogP) is 3.93. The highest BCUT2D eigenvalue weighted by Crippen LogP contribution is 2.32. The first-order chi connectivity index (χ1) is 7.27. The Labute approximate surface area is 97.1 Å². The highest BCUT2D eigenvalue weighted by atomic mass is 32.1. The molecule has 2 heterocycles. The van der Waals surface area contributed by atoms with E-state index in [0.717, 1.165) is 5.92 Å². The van der Waals surface area contributed by atoms with Crippen molar-refractivity contribution >= 4 is 11.3 Å². The second kappa shape index (κ2) is 5.13. The van der Waals surface area contributed by atoms with Gasteiger partial charge in [-0.25, -0.2) is 0 Å². The van der Waals surface area contributed by atoms with Crippen molar-refractivity contribution in [2.45, 2.75) is 39.2 Å². The van der Waals surface area contributed by atoms with Gasteiger partial charge in [-0.05, 0) is 47.7 Å². The normalized spacial score (nSPS) is 23.5. The summed E-state index contributed by atoms with van der Waals surface area (Å²) >= 11 is 1.83. The van der Waals surface area contributed by atoms with Crippen LogP contribution >= 0.6 is 11.3 Å². The van der Waals surface area contributed by atoms with Crippen LogP contribution in [0.1, 0.15) is 44.7 Å². The fourth-order valence-electron chi connectivity index (χ4n) is 2.52. The first-order valence-electron chi connectivity index (χ1n) is 6.03. The van der Waals surface area contributed by atoms with Gasteiger partial charge in [0.1, 0.15) is 0 Å². The van der Waals surface area contributed by atoms with E-state index in [2.05, 4.69) is 35.6 Å². The summed E-state index contributed by atoms with van der Waals surface area (Å²) < 4.78 is 0. The first-order valence-corrected chi connectivity index (χ1v) is 6.98. The zero-order valence-corrected chi connectivity index (χ0v) is 10.6. The summed E-state index contributed by atoms with van der Waals surface area (Å²) in [6.45, 7) is 7.18. The average molecular weight is 223 g/mol. The smallest absolute Gasteiger partial charge is 0.0356 e. The molecule has 0 spiro atoms. The van der Waals surface area contributed by atoms with Gasteiger partial charge in [0.15, 0.2) is 0 Å². The van der Waals surface area contributed by atoms with E-state index in [1.54, 1.807) is 5.56 Å². The van der Waals surface area contributed by atoms with E-state index in [-0.39, 0.29) is 0 Å². The van der Waals surface area contributed by atoms with Gasteiger partial charge < -0.3 is 0 Å². The molecule has 84 valence electrons. The third-order valence-corrected chi connectivity index (χ3v) is 3.84. The minimum absolute atomic E-state index is 0.701. The van der Waals surface area contributed by atoms with Crippen LogP contribution < -0.4 is 0 Å². The monoisotopic (exact) mass is 223 g/mol. The van der Waals surface area contributed by atoms with Crippen molar-refractivity contribution in [3.8, 4) is 0 Å². The molecule has 1 unspecified atom stereocenters. The summed E-state index contributed by atoms with van der Waals surface area (Å²) in [5, 5.41) is 4.53. The molecule has 1 nitrogen and oxygen atoms in total. The van der Waals surface area contributed by atoms with Gasteiger partial charge in [-0.1, -0.05) is 20.3 Å². The Balaban J connectivity index is 2.06. The molecule has 0 aliphatic carbocycles. The molecule has 0 N–H and O–H groups in total. The Hall–Kier alpha value is -0.340. The minimum atomic E-state index is 0.701. The van der Waals surface area contributed by atoms with Crippen LogP contribution in [0, 0.1) is 5.92 Å². The van der Waals surface area contributed by atoms with Gasteiger partial charge in [-0.2, -0.15) is 11.3 Å². The van der Waals surface area contributed by atoms with Crippen LogP contribution in [-0.4, -0.2) is 18.0 Å². The van der Waals surface area contributed by atoms with Crippen molar-refractivity contribution in [2.24, 2.45) is 5.92 Å². The lowest BCUT2D eigenvalue weighted by Gasteiger charge is -2.36. The van der Waals surface area contributed by atoms with Crippen molar-refractivity contribution in [3.05, 3.63) is 22.4 Å². The van der Waals surface area contributed by atoms with Crippen LogP contribution in [-0.2, 0) is 0 Å². The molecule has 1 aromatic heterocycles. The van der Waals surface area contributed by atoms with E-state index in [4.69, 9.17) is 0 Å². The highest BCUT2D eigenvalue weighted by molar-refractivity contribution is 7.07. The van der Waals surface area contributed by atoms with Crippen LogP contribution in [0.3, 0.4) is 0 Å². The zero-order valence-electron chi connectivity index (χ0n) is 9.78. The molecule has 15 heavy (non-hydrogen) atoms. The van der Waals surface area contributed by atoms with Crippen LogP contribution in [0.4, 0.5) is 0 Å². The Morgan fingerprint density at radius 1 is 1.47 bits per heavy atom. The largest absolute Gasteiger partial charge is 0.296 e. The van der Waals surface area contributed by atoms with Gasteiger partial charge in [-0.15, -0.1) is 0 Å². The van der Waals surface area contributed by atoms with Gasteiger partial charge in [-0.3, -0.25) is 4.90 Å². The number of piperidine rings is 1. The fourth-order valence-corrected chi connectivity index (χ4v) is 3.23. The maximum atomic E-state index is 2.68. The third-order valence-electron chi connectivity index (χ3n) is 3.14. The summed E-state index contributed by atoms with van der Waals surface area (Å²) in [7, 11) is 0. The lowest BCUT2D eigenvalue weighted by molar-refractivity contribution is 0.132. The summed E-state index contributed by atoms with van der Waals surface area (Å²) in [5.74, 6) is 0.782. The van der Waals surface area contributed by atoms with Gasteiger partial charge in [0.25, 0.3) is 0 Å². The van der Waals surface area contributed by atoms with E-state index in [1.807, 2.05) is 11.3 Å². The Bertz CT molecular complexity index is 279. The van der Waals surface area contributed by atoms with E-state index < -0.39 is 0 Å². The number of nitrogens with zero attached hydrogens (tertiary/aromatic N) is 1. The number of hydrogen-bond acceptors (Lipinski definition) is 2. The van der Waals surface area contributed by atoms with Crippen LogP contribution in [0.15, 0.2) is 16.8 Å². The van der Waals surface area contributed by atoms with Crippen LogP contribution in [0.25, 0.3) is 0 Å². The Morgan fingerprint density at radius 3 is 3.00 bits per heavy atom. The molecule has 1 aliphatic rings. The number of thiophene rings is 1. The molecule has 1 aliphatic heterocycles. The third kappa shape index (κ3) is 2.82. The van der Waals surface area contributed by atoms with Gasteiger partial charge >= 0.3 is 0 Å². The van der Waals surface area contributed by atoms with Crippen molar-refractivity contribution < 1.29 is 0 Å². The van der Waals surface area contributed by atoms with Crippen molar-refractivity contribution in [1.29, 1.82) is 0 Å². The summed E-state index contributed by atoms with van der Waals surface area (Å²) in [4.78, 5) is 2.68. The second-order valence-electron chi connectivity index (χ2n) is 4.96. The molecule has 0 bridgehead atoms. The van der Waals surface area contributed by atoms with Gasteiger partial charge in [0.05, 0.1) is 0 Å². The first kappa shape index (κ1) is 11.2. The number of rotatable bonds is 3. The SMILES string of the molecule is CC(C)CN1CCCCC1c1ccsc1. The summed E-state index contributed by atoms with van der Waals surface area (Å²) in [5.41, 5.74) is 1.54. The standard InChI is InChI=1S/C13H21NS/c1-11(2)9-14-7-4-3-5-13(14)12-6-8-15-10-12/h6,8,10-11,13H,3-5,7,9H2,1-2H3. The molecule has 0 amide bonds. The predicted molar refractivity (Wildman–Crippen MR) is 67.3 cm³/mol. The van der Waals surface area contributed by atoms with Crippen molar-refractivity contribution in [1.82, 2.24) is 4.90 Å². The molecule has 1 saturated heterocycles. The maximum absolute atomic E-state index is 2.68. The molecular weight excluding hydrogens is 202 g/mol. The lowest BCUT2D eigenvalue weighted by Crippen LogP contribution is -2.35. The number of hydrogen-bond donors (Lipinski definition) is 0.